The second-order valence-corrected chi connectivity index (χ2v) is 7.46. The molecule has 27 heavy (non-hydrogen) atoms. The number of nitrogens with one attached hydrogen (secondary N) is 3. The van der Waals surface area contributed by atoms with Gasteiger partial charge in [0.05, 0.1) is 12.2 Å². The Morgan fingerprint density at radius 2 is 2.11 bits per heavy atom. The molecule has 0 atom stereocenters. The Hall–Kier alpha value is -2.54. The van der Waals surface area contributed by atoms with Gasteiger partial charge >= 0.3 is 0 Å². The number of fused-ring (bicyclic) bond motifs is 1. The number of hydrogen-bond acceptors (Lipinski definition) is 4. The Morgan fingerprint density at radius 3 is 2.81 bits per heavy atom. The summed E-state index contributed by atoms with van der Waals surface area (Å²) >= 11 is 1.65. The molecule has 0 aliphatic heterocycles. The highest BCUT2D eigenvalue weighted by molar-refractivity contribution is 7.13. The maximum atomic E-state index is 4.58. The predicted molar refractivity (Wildman–Crippen MR) is 116 cm³/mol. The summed E-state index contributed by atoms with van der Waals surface area (Å²) in [7, 11) is 5.80. The van der Waals surface area contributed by atoms with E-state index < -0.39 is 0 Å². The number of H-pyrrole nitrogens is 1. The summed E-state index contributed by atoms with van der Waals surface area (Å²) in [5.41, 5.74) is 4.98. The van der Waals surface area contributed by atoms with Gasteiger partial charge < -0.3 is 20.5 Å². The molecule has 144 valence electrons. The summed E-state index contributed by atoms with van der Waals surface area (Å²) in [4.78, 5) is 14.3. The molecule has 2 heterocycles. The zero-order valence-corrected chi connectivity index (χ0v) is 17.3. The maximum Gasteiger partial charge on any atom is 0.191 e. The maximum absolute atomic E-state index is 4.58. The van der Waals surface area contributed by atoms with Gasteiger partial charge in [-0.2, -0.15) is 0 Å². The molecule has 0 saturated carbocycles. The first-order valence-corrected chi connectivity index (χ1v) is 10.1. The van der Waals surface area contributed by atoms with Crippen LogP contribution >= 0.6 is 11.3 Å². The van der Waals surface area contributed by atoms with E-state index >= 15 is 0 Å². The van der Waals surface area contributed by atoms with Crippen molar-refractivity contribution in [2.45, 2.75) is 26.3 Å². The molecule has 7 heteroatoms. The molecule has 0 saturated heterocycles. The van der Waals surface area contributed by atoms with Crippen LogP contribution in [0.3, 0.4) is 0 Å². The highest BCUT2D eigenvalue weighted by Crippen LogP contribution is 2.22. The topological polar surface area (TPSA) is 68.3 Å². The lowest BCUT2D eigenvalue weighted by molar-refractivity contribution is 0.787. The van der Waals surface area contributed by atoms with Crippen molar-refractivity contribution in [3.05, 3.63) is 46.6 Å². The van der Waals surface area contributed by atoms with Gasteiger partial charge in [0.25, 0.3) is 0 Å². The summed E-state index contributed by atoms with van der Waals surface area (Å²) in [5, 5.41) is 11.1. The minimum Gasteiger partial charge on any atom is -0.361 e. The smallest absolute Gasteiger partial charge is 0.191 e. The summed E-state index contributed by atoms with van der Waals surface area (Å²) in [6.45, 7) is 3.68. The van der Waals surface area contributed by atoms with E-state index in [9.17, 15) is 0 Å². The van der Waals surface area contributed by atoms with Gasteiger partial charge in [0.1, 0.15) is 0 Å². The molecule has 6 nitrogen and oxygen atoms in total. The van der Waals surface area contributed by atoms with Crippen LogP contribution in [-0.4, -0.2) is 43.6 Å². The number of guanidine groups is 1. The number of anilines is 1. The van der Waals surface area contributed by atoms with E-state index in [1.54, 1.807) is 18.4 Å². The van der Waals surface area contributed by atoms with Crippen molar-refractivity contribution in [1.82, 2.24) is 20.6 Å². The van der Waals surface area contributed by atoms with E-state index in [1.165, 1.54) is 22.0 Å². The third-order valence-electron chi connectivity index (χ3n) is 4.54. The van der Waals surface area contributed by atoms with E-state index in [2.05, 4.69) is 62.3 Å². The van der Waals surface area contributed by atoms with Crippen molar-refractivity contribution in [3.8, 4) is 0 Å². The lowest BCUT2D eigenvalue weighted by Gasteiger charge is -2.11. The van der Waals surface area contributed by atoms with Gasteiger partial charge in [-0.1, -0.05) is 25.1 Å². The van der Waals surface area contributed by atoms with Crippen molar-refractivity contribution < 1.29 is 0 Å². The number of nitrogens with zero attached hydrogens (tertiary/aromatic N) is 3. The minimum absolute atomic E-state index is 0.664. The van der Waals surface area contributed by atoms with Gasteiger partial charge in [-0.3, -0.25) is 4.99 Å². The molecule has 0 aliphatic carbocycles. The third-order valence-corrected chi connectivity index (χ3v) is 5.60. The Morgan fingerprint density at radius 1 is 1.26 bits per heavy atom. The van der Waals surface area contributed by atoms with Crippen LogP contribution in [0.4, 0.5) is 5.13 Å². The molecule has 3 aromatic rings. The van der Waals surface area contributed by atoms with Gasteiger partial charge in [0.15, 0.2) is 11.1 Å². The van der Waals surface area contributed by atoms with Gasteiger partial charge in [0.2, 0.25) is 0 Å². The quantitative estimate of drug-likeness (QED) is 0.432. The summed E-state index contributed by atoms with van der Waals surface area (Å²) < 4.78 is 0. The summed E-state index contributed by atoms with van der Waals surface area (Å²) in [6.07, 6.45) is 4.10. The molecule has 0 bridgehead atoms. The van der Waals surface area contributed by atoms with Crippen LogP contribution in [-0.2, 0) is 19.4 Å². The van der Waals surface area contributed by atoms with E-state index in [4.69, 9.17) is 0 Å². The molecule has 1 aromatic carbocycles. The Balaban J connectivity index is 1.53. The van der Waals surface area contributed by atoms with Crippen LogP contribution < -0.4 is 15.5 Å². The van der Waals surface area contributed by atoms with Crippen molar-refractivity contribution in [1.29, 1.82) is 0 Å². The van der Waals surface area contributed by atoms with Crippen molar-refractivity contribution in [3.63, 3.8) is 0 Å². The van der Waals surface area contributed by atoms with E-state index in [0.29, 0.717) is 6.54 Å². The molecule has 0 unspecified atom stereocenters. The second kappa shape index (κ2) is 8.90. The fourth-order valence-electron chi connectivity index (χ4n) is 3.07. The number of aromatic amines is 1. The Labute approximate surface area is 164 Å². The molecule has 0 fully saturated rings. The normalized spacial score (nSPS) is 11.8. The number of benzene rings is 1. The standard InChI is InChI=1S/C20H28N6S/c1-5-14-7-6-8-17-15(11-23-18(14)17)9-10-22-19(21-2)24-12-16-13-27-20(25-16)26(3)4/h6-8,11,13,23H,5,9-10,12H2,1-4H3,(H2,21,22,24). The molecule has 0 spiro atoms. The fourth-order valence-corrected chi connectivity index (χ4v) is 3.83. The van der Waals surface area contributed by atoms with Crippen LogP contribution in [0.25, 0.3) is 10.9 Å². The number of aromatic nitrogens is 2. The van der Waals surface area contributed by atoms with Crippen LogP contribution in [0, 0.1) is 0 Å². The Bertz CT molecular complexity index is 908. The average Bonchev–Trinajstić information content (AvgIpc) is 3.31. The first-order chi connectivity index (χ1) is 13.1. The number of aryl methyl sites for hydroxylation is 1. The largest absolute Gasteiger partial charge is 0.361 e. The molecular formula is C20H28N6S. The number of thiazole rings is 1. The van der Waals surface area contributed by atoms with Gasteiger partial charge in [-0.05, 0) is 24.0 Å². The van der Waals surface area contributed by atoms with E-state index in [0.717, 1.165) is 36.2 Å². The second-order valence-electron chi connectivity index (χ2n) is 6.63. The zero-order chi connectivity index (χ0) is 19.2. The van der Waals surface area contributed by atoms with Crippen molar-refractivity contribution in [2.75, 3.05) is 32.6 Å². The molecular weight excluding hydrogens is 356 g/mol. The molecule has 0 aliphatic rings. The number of aliphatic imine (C=N–C) groups is 1. The van der Waals surface area contributed by atoms with Crippen LogP contribution in [0.2, 0.25) is 0 Å². The van der Waals surface area contributed by atoms with Gasteiger partial charge in [-0.15, -0.1) is 11.3 Å². The summed E-state index contributed by atoms with van der Waals surface area (Å²) in [6, 6.07) is 6.52. The van der Waals surface area contributed by atoms with Crippen LogP contribution in [0.5, 0.6) is 0 Å². The molecule has 3 N–H and O–H groups in total. The SMILES string of the molecule is CCc1cccc2c(CCNC(=NC)NCc3csc(N(C)C)n3)c[nH]c12. The number of hydrogen-bond donors (Lipinski definition) is 3. The molecule has 2 aromatic heterocycles. The number of rotatable bonds is 7. The average molecular weight is 385 g/mol. The molecule has 3 rings (SSSR count). The minimum atomic E-state index is 0.664. The lowest BCUT2D eigenvalue weighted by Crippen LogP contribution is -2.37. The fraction of sp³-hybridized carbons (Fsp3) is 0.400. The third kappa shape index (κ3) is 4.60. The van der Waals surface area contributed by atoms with Crippen LogP contribution in [0.1, 0.15) is 23.7 Å². The number of para-hydroxylation sites is 1. The Kier molecular flexibility index (Phi) is 6.34. The zero-order valence-electron chi connectivity index (χ0n) is 16.5. The van der Waals surface area contributed by atoms with Crippen LogP contribution in [0.15, 0.2) is 34.8 Å². The van der Waals surface area contributed by atoms with Gasteiger partial charge in [0, 0.05) is 50.2 Å². The van der Waals surface area contributed by atoms with E-state index in [-0.39, 0.29) is 0 Å². The van der Waals surface area contributed by atoms with E-state index in [1.807, 2.05) is 19.0 Å². The van der Waals surface area contributed by atoms with Crippen molar-refractivity contribution in [2.24, 2.45) is 4.99 Å². The highest BCUT2D eigenvalue weighted by Gasteiger charge is 2.08. The van der Waals surface area contributed by atoms with Crippen molar-refractivity contribution >= 4 is 33.3 Å². The molecule has 0 radical (unpaired) electrons. The molecule has 0 amide bonds. The predicted octanol–water partition coefficient (Wildman–Crippen LogP) is 3.16. The summed E-state index contributed by atoms with van der Waals surface area (Å²) in [5.74, 6) is 0.795. The monoisotopic (exact) mass is 384 g/mol. The lowest BCUT2D eigenvalue weighted by atomic mass is 10.1. The first-order valence-electron chi connectivity index (χ1n) is 9.26. The highest BCUT2D eigenvalue weighted by atomic mass is 32.1. The first kappa shape index (κ1) is 19.2. The van der Waals surface area contributed by atoms with Gasteiger partial charge in [-0.25, -0.2) is 4.98 Å².